The summed E-state index contributed by atoms with van der Waals surface area (Å²) in [6, 6.07) is 9.27. The van der Waals surface area contributed by atoms with E-state index in [-0.39, 0.29) is 23.8 Å². The van der Waals surface area contributed by atoms with Crippen molar-refractivity contribution in [1.29, 1.82) is 0 Å². The van der Waals surface area contributed by atoms with Crippen LogP contribution < -0.4 is 0 Å². The second-order valence-electron chi connectivity index (χ2n) is 4.32. The number of ether oxygens (including phenoxy) is 1. The fourth-order valence-electron chi connectivity index (χ4n) is 2.19. The highest BCUT2D eigenvalue weighted by Gasteiger charge is 2.48. The number of esters is 1. The molecule has 1 aromatic carbocycles. The normalized spacial score (nSPS) is 22.7. The number of rotatable bonds is 5. The molecule has 0 heterocycles. The molecule has 2 rings (SSSR count). The molecule has 0 N–H and O–H groups in total. The largest absolute Gasteiger partial charge is 0.466 e. The summed E-state index contributed by atoms with van der Waals surface area (Å²) >= 11 is 0. The molecule has 1 saturated carbocycles. The number of hydrogen-bond acceptors (Lipinski definition) is 3. The lowest BCUT2D eigenvalue weighted by atomic mass is 10.0. The topological polar surface area (TPSA) is 75.1 Å². The van der Waals surface area contributed by atoms with Gasteiger partial charge in [-0.2, -0.15) is 0 Å². The van der Waals surface area contributed by atoms with E-state index in [1.807, 2.05) is 30.3 Å². The van der Waals surface area contributed by atoms with Gasteiger partial charge >= 0.3 is 5.97 Å². The zero-order valence-corrected chi connectivity index (χ0v) is 10.2. The molecule has 0 radical (unpaired) electrons. The van der Waals surface area contributed by atoms with Crippen molar-refractivity contribution < 1.29 is 9.53 Å². The molecule has 0 unspecified atom stereocenters. The van der Waals surface area contributed by atoms with E-state index in [4.69, 9.17) is 10.3 Å². The third kappa shape index (κ3) is 2.63. The maximum atomic E-state index is 11.6. The van der Waals surface area contributed by atoms with Gasteiger partial charge in [-0.05, 0) is 30.4 Å². The SMILES string of the molecule is CCOC(=O)[C@@H]1C[C@H]1[C@H](N=[N+]=[N-])c1ccccc1. The maximum Gasteiger partial charge on any atom is 0.309 e. The molecule has 0 aliphatic heterocycles. The van der Waals surface area contributed by atoms with Crippen LogP contribution >= 0.6 is 0 Å². The molecule has 0 spiro atoms. The van der Waals surface area contributed by atoms with Crippen LogP contribution in [0.1, 0.15) is 24.9 Å². The lowest BCUT2D eigenvalue weighted by Crippen LogP contribution is -2.10. The summed E-state index contributed by atoms with van der Waals surface area (Å²) < 4.78 is 4.99. The molecule has 94 valence electrons. The van der Waals surface area contributed by atoms with E-state index < -0.39 is 0 Å². The van der Waals surface area contributed by atoms with Crippen molar-refractivity contribution in [2.45, 2.75) is 19.4 Å². The standard InChI is InChI=1S/C13H15N3O2/c1-2-18-13(17)11-8-10(11)12(15-16-14)9-6-4-3-5-7-9/h3-7,10-12H,2,8H2,1H3/t10-,11-,12-/m1/s1. The Morgan fingerprint density at radius 2 is 2.28 bits per heavy atom. The van der Waals surface area contributed by atoms with Crippen molar-refractivity contribution >= 4 is 5.97 Å². The molecular weight excluding hydrogens is 230 g/mol. The van der Waals surface area contributed by atoms with Crippen LogP contribution in [0.3, 0.4) is 0 Å². The number of azide groups is 1. The Labute approximate surface area is 105 Å². The Morgan fingerprint density at radius 3 is 2.89 bits per heavy atom. The minimum Gasteiger partial charge on any atom is -0.466 e. The van der Waals surface area contributed by atoms with Crippen molar-refractivity contribution in [3.8, 4) is 0 Å². The van der Waals surface area contributed by atoms with Gasteiger partial charge in [-0.1, -0.05) is 35.4 Å². The van der Waals surface area contributed by atoms with E-state index in [2.05, 4.69) is 10.0 Å². The molecule has 18 heavy (non-hydrogen) atoms. The molecule has 5 heteroatoms. The number of carbonyl (C=O) groups excluding carboxylic acids is 1. The first kappa shape index (κ1) is 12.5. The second-order valence-corrected chi connectivity index (χ2v) is 4.32. The quantitative estimate of drug-likeness (QED) is 0.345. The molecule has 1 fully saturated rings. The molecule has 0 bridgehead atoms. The van der Waals surface area contributed by atoms with Gasteiger partial charge < -0.3 is 4.74 Å². The van der Waals surface area contributed by atoms with Gasteiger partial charge in [0.15, 0.2) is 0 Å². The Hall–Kier alpha value is -2.00. The summed E-state index contributed by atoms with van der Waals surface area (Å²) in [5.41, 5.74) is 9.60. The van der Waals surface area contributed by atoms with Crippen LogP contribution in [0.2, 0.25) is 0 Å². The van der Waals surface area contributed by atoms with Crippen LogP contribution in [-0.2, 0) is 9.53 Å². The fourth-order valence-corrected chi connectivity index (χ4v) is 2.19. The highest BCUT2D eigenvalue weighted by atomic mass is 16.5. The summed E-state index contributed by atoms with van der Waals surface area (Å²) in [6.45, 7) is 2.18. The van der Waals surface area contributed by atoms with Crippen molar-refractivity contribution in [2.24, 2.45) is 17.0 Å². The minimum absolute atomic E-state index is 0.0716. The smallest absolute Gasteiger partial charge is 0.309 e. The van der Waals surface area contributed by atoms with Gasteiger partial charge in [-0.15, -0.1) is 0 Å². The zero-order valence-electron chi connectivity index (χ0n) is 10.2. The monoisotopic (exact) mass is 245 g/mol. The van der Waals surface area contributed by atoms with E-state index in [0.29, 0.717) is 6.61 Å². The third-order valence-electron chi connectivity index (χ3n) is 3.15. The number of hydrogen-bond donors (Lipinski definition) is 0. The van der Waals surface area contributed by atoms with Gasteiger partial charge in [0.05, 0.1) is 18.6 Å². The lowest BCUT2D eigenvalue weighted by Gasteiger charge is -2.10. The lowest BCUT2D eigenvalue weighted by molar-refractivity contribution is -0.145. The van der Waals surface area contributed by atoms with E-state index >= 15 is 0 Å². The molecule has 1 aliphatic carbocycles. The van der Waals surface area contributed by atoms with Crippen molar-refractivity contribution in [3.63, 3.8) is 0 Å². The van der Waals surface area contributed by atoms with Gasteiger partial charge in [0.1, 0.15) is 0 Å². The predicted octanol–water partition coefficient (Wildman–Crippen LogP) is 3.24. The Kier molecular flexibility index (Phi) is 3.85. The Bertz CT molecular complexity index is 468. The van der Waals surface area contributed by atoms with E-state index in [0.717, 1.165) is 12.0 Å². The average Bonchev–Trinajstić information content (AvgIpc) is 3.17. The number of carbonyl (C=O) groups is 1. The molecule has 1 aromatic rings. The van der Waals surface area contributed by atoms with Crippen molar-refractivity contribution in [3.05, 3.63) is 46.3 Å². The summed E-state index contributed by atoms with van der Waals surface area (Å²) in [5, 5.41) is 3.82. The van der Waals surface area contributed by atoms with Crippen LogP contribution in [0.25, 0.3) is 10.4 Å². The zero-order chi connectivity index (χ0) is 13.0. The van der Waals surface area contributed by atoms with Crippen molar-refractivity contribution in [1.82, 2.24) is 0 Å². The molecule has 0 saturated heterocycles. The first-order valence-corrected chi connectivity index (χ1v) is 6.03. The molecule has 5 nitrogen and oxygen atoms in total. The molecule has 3 atom stereocenters. The second kappa shape index (κ2) is 5.56. The van der Waals surface area contributed by atoms with Crippen LogP contribution in [-0.4, -0.2) is 12.6 Å². The number of benzene rings is 1. The van der Waals surface area contributed by atoms with E-state index in [9.17, 15) is 4.79 Å². The molecular formula is C13H15N3O2. The minimum atomic E-state index is -0.273. The fraction of sp³-hybridized carbons (Fsp3) is 0.462. The van der Waals surface area contributed by atoms with Crippen LogP contribution in [0.5, 0.6) is 0 Å². The summed E-state index contributed by atoms with van der Waals surface area (Å²) in [5.74, 6) is -0.237. The number of nitrogens with zero attached hydrogens (tertiary/aromatic N) is 3. The van der Waals surface area contributed by atoms with E-state index in [1.54, 1.807) is 6.92 Å². The summed E-state index contributed by atoms with van der Waals surface area (Å²) in [4.78, 5) is 14.5. The summed E-state index contributed by atoms with van der Waals surface area (Å²) in [6.07, 6.45) is 0.734. The third-order valence-corrected chi connectivity index (χ3v) is 3.15. The van der Waals surface area contributed by atoms with E-state index in [1.165, 1.54) is 0 Å². The van der Waals surface area contributed by atoms with Crippen LogP contribution in [0.15, 0.2) is 35.4 Å². The van der Waals surface area contributed by atoms with Gasteiger partial charge in [0, 0.05) is 4.91 Å². The first-order valence-electron chi connectivity index (χ1n) is 6.03. The summed E-state index contributed by atoms with van der Waals surface area (Å²) in [7, 11) is 0. The van der Waals surface area contributed by atoms with Gasteiger partial charge in [-0.25, -0.2) is 0 Å². The predicted molar refractivity (Wildman–Crippen MR) is 66.6 cm³/mol. The molecule has 1 aliphatic rings. The van der Waals surface area contributed by atoms with Gasteiger partial charge in [0.25, 0.3) is 0 Å². The average molecular weight is 245 g/mol. The van der Waals surface area contributed by atoms with Crippen LogP contribution in [0, 0.1) is 11.8 Å². The Balaban J connectivity index is 2.10. The van der Waals surface area contributed by atoms with Crippen LogP contribution in [0.4, 0.5) is 0 Å². The Morgan fingerprint density at radius 1 is 1.56 bits per heavy atom. The first-order chi connectivity index (χ1) is 8.77. The van der Waals surface area contributed by atoms with Gasteiger partial charge in [-0.3, -0.25) is 4.79 Å². The highest BCUT2D eigenvalue weighted by Crippen LogP contribution is 2.49. The van der Waals surface area contributed by atoms with Crippen molar-refractivity contribution in [2.75, 3.05) is 6.61 Å². The molecule has 0 aromatic heterocycles. The maximum absolute atomic E-state index is 11.6. The molecule has 0 amide bonds. The van der Waals surface area contributed by atoms with Gasteiger partial charge in [0.2, 0.25) is 0 Å². The highest BCUT2D eigenvalue weighted by molar-refractivity contribution is 5.76.